The summed E-state index contributed by atoms with van der Waals surface area (Å²) in [7, 11) is -2.82. The van der Waals surface area contributed by atoms with Crippen LogP contribution in [0.25, 0.3) is 0 Å². The van der Waals surface area contributed by atoms with E-state index >= 15 is 0 Å². The molecular formula is C18H18NO2P. The molecule has 0 spiro atoms. The molecule has 2 aromatic rings. The van der Waals surface area contributed by atoms with Crippen molar-refractivity contribution < 1.29 is 9.40 Å². The third-order valence-electron chi connectivity index (χ3n) is 4.27. The van der Waals surface area contributed by atoms with Gasteiger partial charge in [0.2, 0.25) is 7.29 Å². The van der Waals surface area contributed by atoms with Crippen LogP contribution < -0.4 is 5.30 Å². The molecule has 1 fully saturated rings. The van der Waals surface area contributed by atoms with Gasteiger partial charge in [0.1, 0.15) is 0 Å². The monoisotopic (exact) mass is 311 g/mol. The third-order valence-corrected chi connectivity index (χ3v) is 7.19. The molecule has 0 amide bonds. The van der Waals surface area contributed by atoms with Crippen molar-refractivity contribution in [3.05, 3.63) is 78.4 Å². The van der Waals surface area contributed by atoms with Crippen LogP contribution in [0.4, 0.5) is 0 Å². The molecule has 1 unspecified atom stereocenters. The van der Waals surface area contributed by atoms with Gasteiger partial charge in [0, 0.05) is 17.9 Å². The smallest absolute Gasteiger partial charge is 0.205 e. The van der Waals surface area contributed by atoms with Crippen LogP contribution in [0.2, 0.25) is 0 Å². The Bertz CT molecular complexity index is 729. The topological polar surface area (TPSA) is 29.5 Å². The highest BCUT2D eigenvalue weighted by Crippen LogP contribution is 2.57. The minimum Gasteiger partial charge on any atom is -0.299 e. The summed E-state index contributed by atoms with van der Waals surface area (Å²) in [6.45, 7) is 0. The van der Waals surface area contributed by atoms with Crippen molar-refractivity contribution >= 4 is 12.6 Å². The van der Waals surface area contributed by atoms with Crippen LogP contribution in [0.1, 0.15) is 12.0 Å². The van der Waals surface area contributed by atoms with Crippen molar-refractivity contribution in [2.75, 3.05) is 0 Å². The van der Waals surface area contributed by atoms with Gasteiger partial charge in [-0.25, -0.2) is 0 Å². The van der Waals surface area contributed by atoms with Crippen LogP contribution >= 0.6 is 7.29 Å². The van der Waals surface area contributed by atoms with Crippen molar-refractivity contribution in [1.82, 2.24) is 4.83 Å². The fourth-order valence-corrected chi connectivity index (χ4v) is 6.01. The van der Waals surface area contributed by atoms with Crippen LogP contribution in [-0.4, -0.2) is 17.0 Å². The zero-order chi connectivity index (χ0) is 15.0. The average Bonchev–Trinajstić information content (AvgIpc) is 3.20. The van der Waals surface area contributed by atoms with Crippen molar-refractivity contribution in [3.63, 3.8) is 0 Å². The fourth-order valence-electron chi connectivity index (χ4n) is 3.19. The van der Waals surface area contributed by atoms with Crippen molar-refractivity contribution in [1.29, 1.82) is 0 Å². The summed E-state index contributed by atoms with van der Waals surface area (Å²) < 4.78 is 13.9. The number of benzene rings is 2. The van der Waals surface area contributed by atoms with Crippen molar-refractivity contribution in [2.24, 2.45) is 0 Å². The summed E-state index contributed by atoms with van der Waals surface area (Å²) in [5, 5.41) is 0.861. The molecule has 0 radical (unpaired) electrons. The minimum absolute atomic E-state index is 0.0813. The third kappa shape index (κ3) is 2.36. The highest BCUT2D eigenvalue weighted by Gasteiger charge is 2.46. The first kappa shape index (κ1) is 14.0. The van der Waals surface area contributed by atoms with E-state index in [9.17, 15) is 4.57 Å². The summed E-state index contributed by atoms with van der Waals surface area (Å²) in [6.07, 6.45) is 5.67. The zero-order valence-corrected chi connectivity index (χ0v) is 13.1. The van der Waals surface area contributed by atoms with E-state index in [1.807, 2.05) is 60.7 Å². The van der Waals surface area contributed by atoms with Gasteiger partial charge >= 0.3 is 0 Å². The predicted molar refractivity (Wildman–Crippen MR) is 88.1 cm³/mol. The van der Waals surface area contributed by atoms with E-state index in [1.165, 1.54) is 0 Å². The fraction of sp³-hybridized carbons (Fsp3) is 0.222. The van der Waals surface area contributed by atoms with E-state index in [0.29, 0.717) is 6.16 Å². The molecule has 112 valence electrons. The second-order valence-corrected chi connectivity index (χ2v) is 8.45. The van der Waals surface area contributed by atoms with E-state index in [1.54, 1.807) is 4.83 Å². The lowest BCUT2D eigenvalue weighted by atomic mass is 10.2. The summed E-state index contributed by atoms with van der Waals surface area (Å²) in [6, 6.07) is 19.9. The molecular weight excluding hydrogens is 293 g/mol. The van der Waals surface area contributed by atoms with Crippen LogP contribution in [0.3, 0.4) is 0 Å². The number of fused-ring (bicyclic) bond motifs is 2. The molecule has 0 saturated carbocycles. The quantitative estimate of drug-likeness (QED) is 0.636. The lowest BCUT2D eigenvalue weighted by Gasteiger charge is -2.32. The molecule has 1 aliphatic carbocycles. The maximum atomic E-state index is 13.9. The first-order chi connectivity index (χ1) is 10.8. The molecule has 0 aromatic heterocycles. The summed E-state index contributed by atoms with van der Waals surface area (Å²) in [5.74, 6) is 0. The summed E-state index contributed by atoms with van der Waals surface area (Å²) >= 11 is 0. The SMILES string of the molecule is O=P(Cc1ccccc1)(c1ccccc1)N1O[C@H]2C=C[C@@H]1C2. The van der Waals surface area contributed by atoms with Gasteiger partial charge in [0.15, 0.2) is 0 Å². The molecule has 2 aromatic carbocycles. The van der Waals surface area contributed by atoms with Gasteiger partial charge in [0.05, 0.1) is 12.1 Å². The lowest BCUT2D eigenvalue weighted by Crippen LogP contribution is -2.31. The lowest BCUT2D eigenvalue weighted by molar-refractivity contribution is -0.0763. The average molecular weight is 311 g/mol. The summed E-state index contributed by atoms with van der Waals surface area (Å²) in [5.41, 5.74) is 1.07. The number of hydrogen-bond donors (Lipinski definition) is 0. The number of rotatable bonds is 4. The van der Waals surface area contributed by atoms with Gasteiger partial charge in [-0.15, -0.1) is 4.83 Å². The van der Waals surface area contributed by atoms with E-state index in [2.05, 4.69) is 12.2 Å². The number of nitrogens with zero attached hydrogens (tertiary/aromatic N) is 1. The molecule has 1 saturated heterocycles. The minimum atomic E-state index is -2.82. The Morgan fingerprint density at radius 3 is 2.27 bits per heavy atom. The maximum absolute atomic E-state index is 13.9. The van der Waals surface area contributed by atoms with Gasteiger partial charge in [0.25, 0.3) is 0 Å². The number of hydroxylamine groups is 1. The maximum Gasteiger partial charge on any atom is 0.205 e. The molecule has 3 atom stereocenters. The predicted octanol–water partition coefficient (Wildman–Crippen LogP) is 3.73. The Balaban J connectivity index is 1.75. The van der Waals surface area contributed by atoms with Gasteiger partial charge in [-0.05, 0) is 5.56 Å². The normalized spacial score (nSPS) is 26.2. The van der Waals surface area contributed by atoms with E-state index in [0.717, 1.165) is 17.3 Å². The Hall–Kier alpha value is -1.67. The molecule has 0 N–H and O–H groups in total. The Morgan fingerprint density at radius 2 is 1.68 bits per heavy atom. The van der Waals surface area contributed by atoms with Crippen molar-refractivity contribution in [3.8, 4) is 0 Å². The second kappa shape index (κ2) is 5.51. The van der Waals surface area contributed by atoms with Crippen molar-refractivity contribution in [2.45, 2.75) is 24.7 Å². The zero-order valence-electron chi connectivity index (χ0n) is 12.2. The second-order valence-electron chi connectivity index (χ2n) is 5.82. The summed E-state index contributed by atoms with van der Waals surface area (Å²) in [4.78, 5) is 7.71. The molecule has 2 bridgehead atoms. The van der Waals surface area contributed by atoms with Gasteiger partial charge in [-0.2, -0.15) is 0 Å². The molecule has 1 aliphatic heterocycles. The Kier molecular flexibility index (Phi) is 3.50. The van der Waals surface area contributed by atoms with E-state index in [4.69, 9.17) is 4.84 Å². The van der Waals surface area contributed by atoms with Crippen LogP contribution in [0, 0.1) is 0 Å². The van der Waals surface area contributed by atoms with Gasteiger partial charge in [-0.3, -0.25) is 9.40 Å². The van der Waals surface area contributed by atoms with Crippen LogP contribution in [0.15, 0.2) is 72.8 Å². The largest absolute Gasteiger partial charge is 0.299 e. The standard InChI is InChI=1S/C18H18NO2P/c20-22(18-9-5-2-6-10-18,14-15-7-3-1-4-8-15)19-16-11-12-17(13-16)21-19/h1-12,16-17H,13-14H2/t16-,17+,22?/m1/s1. The molecule has 3 nitrogen and oxygen atoms in total. The highest BCUT2D eigenvalue weighted by molar-refractivity contribution is 7.68. The van der Waals surface area contributed by atoms with Gasteiger partial charge < -0.3 is 0 Å². The molecule has 1 heterocycles. The first-order valence-corrected chi connectivity index (χ1v) is 9.44. The molecule has 2 aliphatic rings. The molecule has 22 heavy (non-hydrogen) atoms. The Morgan fingerprint density at radius 1 is 1.00 bits per heavy atom. The van der Waals surface area contributed by atoms with Gasteiger partial charge in [-0.1, -0.05) is 72.8 Å². The number of hydrogen-bond acceptors (Lipinski definition) is 2. The molecule has 4 rings (SSSR count). The Labute approximate surface area is 130 Å². The van der Waals surface area contributed by atoms with Crippen LogP contribution in [0.5, 0.6) is 0 Å². The van der Waals surface area contributed by atoms with Crippen LogP contribution in [-0.2, 0) is 15.6 Å². The highest BCUT2D eigenvalue weighted by atomic mass is 31.2. The molecule has 4 heteroatoms. The first-order valence-electron chi connectivity index (χ1n) is 7.59. The van der Waals surface area contributed by atoms with E-state index in [-0.39, 0.29) is 12.1 Å². The van der Waals surface area contributed by atoms with E-state index < -0.39 is 7.29 Å².